The van der Waals surface area contributed by atoms with Gasteiger partial charge in [0, 0.05) is 19.6 Å². The Kier molecular flexibility index (Phi) is 4.83. The van der Waals surface area contributed by atoms with Gasteiger partial charge in [0.15, 0.2) is 0 Å². The summed E-state index contributed by atoms with van der Waals surface area (Å²) < 4.78 is 0. The predicted octanol–water partition coefficient (Wildman–Crippen LogP) is 2.72. The molecule has 0 bridgehead atoms. The van der Waals surface area contributed by atoms with E-state index in [4.69, 9.17) is 11.6 Å². The second-order valence-corrected chi connectivity index (χ2v) is 5.79. The fourth-order valence-corrected chi connectivity index (χ4v) is 2.87. The zero-order valence-corrected chi connectivity index (χ0v) is 12.3. The summed E-state index contributed by atoms with van der Waals surface area (Å²) in [5.74, 6) is 0.705. The molecule has 1 aromatic rings. The summed E-state index contributed by atoms with van der Waals surface area (Å²) in [6.07, 6.45) is 1.26. The Morgan fingerprint density at radius 1 is 1.53 bits per heavy atom. The average molecular weight is 281 g/mol. The number of benzene rings is 1. The lowest BCUT2D eigenvalue weighted by Gasteiger charge is -2.16. The van der Waals surface area contributed by atoms with E-state index in [1.807, 2.05) is 19.1 Å². The first kappa shape index (κ1) is 14.4. The number of hydrogen-bond acceptors (Lipinski definition) is 2. The second-order valence-electron chi connectivity index (χ2n) is 5.38. The number of nitrogens with one attached hydrogen (secondary N) is 1. The van der Waals surface area contributed by atoms with Crippen molar-refractivity contribution < 1.29 is 4.79 Å². The van der Waals surface area contributed by atoms with E-state index in [2.05, 4.69) is 17.1 Å². The molecule has 1 atom stereocenters. The van der Waals surface area contributed by atoms with Crippen LogP contribution in [-0.2, 0) is 0 Å². The van der Waals surface area contributed by atoms with Gasteiger partial charge < -0.3 is 10.2 Å². The highest BCUT2D eigenvalue weighted by molar-refractivity contribution is 6.34. The van der Waals surface area contributed by atoms with E-state index in [1.54, 1.807) is 6.07 Å². The summed E-state index contributed by atoms with van der Waals surface area (Å²) >= 11 is 6.08. The topological polar surface area (TPSA) is 32.3 Å². The molecule has 1 heterocycles. The van der Waals surface area contributed by atoms with Crippen LogP contribution in [0.5, 0.6) is 0 Å². The quantitative estimate of drug-likeness (QED) is 0.920. The molecule has 1 aliphatic rings. The minimum Gasteiger partial charge on any atom is -0.351 e. The summed E-state index contributed by atoms with van der Waals surface area (Å²) in [6.45, 7) is 8.05. The first-order valence-electron chi connectivity index (χ1n) is 6.83. The Morgan fingerprint density at radius 3 is 2.95 bits per heavy atom. The van der Waals surface area contributed by atoms with Gasteiger partial charge >= 0.3 is 0 Å². The molecule has 0 aromatic heterocycles. The lowest BCUT2D eigenvalue weighted by atomic mass is 10.1. The van der Waals surface area contributed by atoms with Gasteiger partial charge in [0.1, 0.15) is 0 Å². The molecule has 1 aliphatic heterocycles. The Bertz CT molecular complexity index is 441. The van der Waals surface area contributed by atoms with Crippen LogP contribution in [0, 0.1) is 12.8 Å². The molecule has 0 unspecified atom stereocenters. The molecule has 1 saturated heterocycles. The third-order valence-corrected chi connectivity index (χ3v) is 3.99. The summed E-state index contributed by atoms with van der Waals surface area (Å²) in [4.78, 5) is 14.5. The van der Waals surface area contributed by atoms with Gasteiger partial charge in [-0.1, -0.05) is 30.7 Å². The number of rotatable bonds is 4. The van der Waals surface area contributed by atoms with Crippen LogP contribution in [0.1, 0.15) is 29.3 Å². The van der Waals surface area contributed by atoms with E-state index < -0.39 is 0 Å². The molecule has 2 rings (SSSR count). The highest BCUT2D eigenvalue weighted by Gasteiger charge is 2.18. The van der Waals surface area contributed by atoms with Crippen molar-refractivity contribution in [3.63, 3.8) is 0 Å². The Hall–Kier alpha value is -1.06. The van der Waals surface area contributed by atoms with Crippen LogP contribution in [-0.4, -0.2) is 37.0 Å². The molecular formula is C15H21ClN2O. The predicted molar refractivity (Wildman–Crippen MR) is 78.7 cm³/mol. The molecule has 19 heavy (non-hydrogen) atoms. The van der Waals surface area contributed by atoms with E-state index in [0.717, 1.165) is 31.1 Å². The number of nitrogens with zero attached hydrogens (tertiary/aromatic N) is 1. The van der Waals surface area contributed by atoms with Crippen molar-refractivity contribution in [1.29, 1.82) is 0 Å². The molecular weight excluding hydrogens is 260 g/mol. The van der Waals surface area contributed by atoms with Gasteiger partial charge in [-0.2, -0.15) is 0 Å². The lowest BCUT2D eigenvalue weighted by Crippen LogP contribution is -2.34. The summed E-state index contributed by atoms with van der Waals surface area (Å²) in [5, 5.41) is 3.48. The molecule has 104 valence electrons. The van der Waals surface area contributed by atoms with Gasteiger partial charge in [0.05, 0.1) is 10.6 Å². The molecule has 1 aromatic carbocycles. The van der Waals surface area contributed by atoms with Crippen LogP contribution in [0.15, 0.2) is 18.2 Å². The first-order chi connectivity index (χ1) is 9.08. The SMILES string of the molecule is Cc1cccc(Cl)c1C(=O)NCCN1CC[C@@H](C)C1. The van der Waals surface area contributed by atoms with Gasteiger partial charge in [0.25, 0.3) is 5.91 Å². The van der Waals surface area contributed by atoms with Crippen molar-refractivity contribution >= 4 is 17.5 Å². The number of hydrogen-bond donors (Lipinski definition) is 1. The van der Waals surface area contributed by atoms with Crippen molar-refractivity contribution in [2.75, 3.05) is 26.2 Å². The number of aryl methyl sites for hydroxylation is 1. The summed E-state index contributed by atoms with van der Waals surface area (Å²) in [7, 11) is 0. The molecule has 3 nitrogen and oxygen atoms in total. The van der Waals surface area contributed by atoms with Crippen LogP contribution in [0.2, 0.25) is 5.02 Å². The monoisotopic (exact) mass is 280 g/mol. The van der Waals surface area contributed by atoms with Gasteiger partial charge in [-0.05, 0) is 37.4 Å². The van der Waals surface area contributed by atoms with E-state index in [0.29, 0.717) is 17.1 Å². The summed E-state index contributed by atoms with van der Waals surface area (Å²) in [5.41, 5.74) is 1.51. The highest BCUT2D eigenvalue weighted by atomic mass is 35.5. The molecule has 1 N–H and O–H groups in total. The first-order valence-corrected chi connectivity index (χ1v) is 7.21. The number of carbonyl (C=O) groups excluding carboxylic acids is 1. The fraction of sp³-hybridized carbons (Fsp3) is 0.533. The summed E-state index contributed by atoms with van der Waals surface area (Å²) in [6, 6.07) is 5.52. The largest absolute Gasteiger partial charge is 0.351 e. The standard InChI is InChI=1S/C15H21ClN2O/c1-11-6-8-18(10-11)9-7-17-15(19)14-12(2)4-3-5-13(14)16/h3-5,11H,6-10H2,1-2H3,(H,17,19)/t11-/m1/s1. The maximum atomic E-state index is 12.1. The number of amides is 1. The maximum Gasteiger partial charge on any atom is 0.253 e. The number of halogens is 1. The zero-order valence-electron chi connectivity index (χ0n) is 11.6. The lowest BCUT2D eigenvalue weighted by molar-refractivity contribution is 0.0949. The molecule has 0 aliphatic carbocycles. The van der Waals surface area contributed by atoms with Crippen LogP contribution >= 0.6 is 11.6 Å². The Balaban J connectivity index is 1.84. The van der Waals surface area contributed by atoms with Crippen LogP contribution in [0.3, 0.4) is 0 Å². The minimum atomic E-state index is -0.0738. The van der Waals surface area contributed by atoms with Gasteiger partial charge in [0.2, 0.25) is 0 Å². The molecule has 1 fully saturated rings. The second kappa shape index (κ2) is 6.40. The average Bonchev–Trinajstić information content (AvgIpc) is 2.75. The van der Waals surface area contributed by atoms with Crippen molar-refractivity contribution in [1.82, 2.24) is 10.2 Å². The van der Waals surface area contributed by atoms with Crippen LogP contribution < -0.4 is 5.32 Å². The molecule has 4 heteroatoms. The number of likely N-dealkylation sites (tertiary alicyclic amines) is 1. The zero-order chi connectivity index (χ0) is 13.8. The maximum absolute atomic E-state index is 12.1. The minimum absolute atomic E-state index is 0.0738. The number of carbonyl (C=O) groups is 1. The van der Waals surface area contributed by atoms with Crippen LogP contribution in [0.25, 0.3) is 0 Å². The van der Waals surface area contributed by atoms with E-state index >= 15 is 0 Å². The molecule has 0 spiro atoms. The van der Waals surface area contributed by atoms with Crippen molar-refractivity contribution in [3.05, 3.63) is 34.3 Å². The van der Waals surface area contributed by atoms with E-state index in [-0.39, 0.29) is 5.91 Å². The van der Waals surface area contributed by atoms with Gasteiger partial charge in [-0.3, -0.25) is 4.79 Å². The van der Waals surface area contributed by atoms with Gasteiger partial charge in [-0.15, -0.1) is 0 Å². The van der Waals surface area contributed by atoms with Crippen LogP contribution in [0.4, 0.5) is 0 Å². The van der Waals surface area contributed by atoms with Crippen molar-refractivity contribution in [2.24, 2.45) is 5.92 Å². The normalized spacial score (nSPS) is 19.6. The van der Waals surface area contributed by atoms with E-state index in [9.17, 15) is 4.79 Å². The van der Waals surface area contributed by atoms with Crippen molar-refractivity contribution in [2.45, 2.75) is 20.3 Å². The molecule has 0 saturated carbocycles. The fourth-order valence-electron chi connectivity index (χ4n) is 2.56. The van der Waals surface area contributed by atoms with Gasteiger partial charge in [-0.25, -0.2) is 0 Å². The molecule has 0 radical (unpaired) electrons. The van der Waals surface area contributed by atoms with E-state index in [1.165, 1.54) is 6.42 Å². The third kappa shape index (κ3) is 3.71. The smallest absolute Gasteiger partial charge is 0.253 e. The van der Waals surface area contributed by atoms with Crippen molar-refractivity contribution in [3.8, 4) is 0 Å². The Labute approximate surface area is 119 Å². The highest BCUT2D eigenvalue weighted by Crippen LogP contribution is 2.19. The Morgan fingerprint density at radius 2 is 2.32 bits per heavy atom. The third-order valence-electron chi connectivity index (χ3n) is 3.67. The molecule has 1 amide bonds.